The fourth-order valence-corrected chi connectivity index (χ4v) is 2.09. The van der Waals surface area contributed by atoms with Crippen LogP contribution in [0.3, 0.4) is 0 Å². The first-order chi connectivity index (χ1) is 8.70. The third kappa shape index (κ3) is 3.20. The number of ether oxygens (including phenoxy) is 1. The highest BCUT2D eigenvalue weighted by atomic mass is 16.5. The van der Waals surface area contributed by atoms with Crippen LogP contribution in [0.25, 0.3) is 0 Å². The van der Waals surface area contributed by atoms with E-state index in [4.69, 9.17) is 10.5 Å². The quantitative estimate of drug-likeness (QED) is 0.762. The maximum Gasteiger partial charge on any atom is 0.244 e. The molecule has 2 heterocycles. The summed E-state index contributed by atoms with van der Waals surface area (Å²) in [6.07, 6.45) is 2.11. The van der Waals surface area contributed by atoms with Crippen molar-refractivity contribution in [2.45, 2.75) is 39.3 Å². The molecule has 2 rings (SSSR count). The fourth-order valence-electron chi connectivity index (χ4n) is 2.09. The van der Waals surface area contributed by atoms with Gasteiger partial charge in [0.2, 0.25) is 5.95 Å². The summed E-state index contributed by atoms with van der Waals surface area (Å²) in [5, 5.41) is 7.15. The van der Waals surface area contributed by atoms with Gasteiger partial charge in [-0.25, -0.2) is 0 Å². The number of anilines is 1. The molecule has 1 aliphatic rings. The molecule has 1 aromatic rings. The first-order valence-electron chi connectivity index (χ1n) is 6.70. The second kappa shape index (κ2) is 6.15. The number of piperidine rings is 1. The molecule has 6 heteroatoms. The van der Waals surface area contributed by atoms with E-state index < -0.39 is 0 Å². The van der Waals surface area contributed by atoms with Crippen molar-refractivity contribution >= 4 is 5.95 Å². The monoisotopic (exact) mass is 253 g/mol. The number of nitrogens with one attached hydrogen (secondary N) is 1. The third-order valence-electron chi connectivity index (χ3n) is 3.41. The number of aromatic amines is 1. The van der Waals surface area contributed by atoms with E-state index in [0.29, 0.717) is 12.5 Å². The number of H-pyrrole nitrogens is 1. The van der Waals surface area contributed by atoms with Crippen molar-refractivity contribution in [3.05, 3.63) is 5.82 Å². The molecule has 0 saturated carbocycles. The normalized spacial score (nSPS) is 24.5. The molecule has 2 atom stereocenters. The summed E-state index contributed by atoms with van der Waals surface area (Å²) >= 11 is 0. The summed E-state index contributed by atoms with van der Waals surface area (Å²) in [6, 6.07) is 0.206. The lowest BCUT2D eigenvalue weighted by molar-refractivity contribution is 0.116. The molecule has 3 N–H and O–H groups in total. The van der Waals surface area contributed by atoms with Gasteiger partial charge < -0.3 is 15.4 Å². The lowest BCUT2D eigenvalue weighted by Gasteiger charge is -2.34. The van der Waals surface area contributed by atoms with Gasteiger partial charge in [-0.3, -0.25) is 5.10 Å². The molecule has 0 radical (unpaired) electrons. The van der Waals surface area contributed by atoms with E-state index >= 15 is 0 Å². The molecule has 2 unspecified atom stereocenters. The molecule has 1 fully saturated rings. The predicted octanol–water partition coefficient (Wildman–Crippen LogP) is 0.905. The highest BCUT2D eigenvalue weighted by Crippen LogP contribution is 2.19. The number of rotatable bonds is 5. The molecule has 1 saturated heterocycles. The van der Waals surface area contributed by atoms with Crippen LogP contribution in [0.4, 0.5) is 5.95 Å². The van der Waals surface area contributed by atoms with Crippen molar-refractivity contribution < 1.29 is 4.74 Å². The van der Waals surface area contributed by atoms with Gasteiger partial charge in [-0.2, -0.15) is 4.98 Å². The van der Waals surface area contributed by atoms with Gasteiger partial charge >= 0.3 is 0 Å². The lowest BCUT2D eigenvalue weighted by atomic mass is 9.95. The Labute approximate surface area is 108 Å². The molecule has 18 heavy (non-hydrogen) atoms. The van der Waals surface area contributed by atoms with Gasteiger partial charge in [0.05, 0.1) is 0 Å². The van der Waals surface area contributed by atoms with E-state index in [-0.39, 0.29) is 6.04 Å². The number of hydrogen-bond acceptors (Lipinski definition) is 5. The molecular weight excluding hydrogens is 230 g/mol. The van der Waals surface area contributed by atoms with Crippen molar-refractivity contribution in [1.82, 2.24) is 15.2 Å². The summed E-state index contributed by atoms with van der Waals surface area (Å²) in [5.74, 6) is 2.10. The minimum Gasteiger partial charge on any atom is -0.373 e. The zero-order chi connectivity index (χ0) is 13.0. The number of aromatic nitrogens is 3. The molecule has 0 aliphatic carbocycles. The average Bonchev–Trinajstić information content (AvgIpc) is 2.82. The van der Waals surface area contributed by atoms with Crippen LogP contribution in [0.2, 0.25) is 0 Å². The number of nitrogens with two attached hydrogens (primary N) is 1. The number of nitrogens with zero attached hydrogens (tertiary/aromatic N) is 3. The van der Waals surface area contributed by atoms with E-state index in [0.717, 1.165) is 44.3 Å². The van der Waals surface area contributed by atoms with Crippen LogP contribution in [0.15, 0.2) is 0 Å². The van der Waals surface area contributed by atoms with E-state index in [1.807, 2.05) is 0 Å². The Morgan fingerprint density at radius 2 is 2.39 bits per heavy atom. The molecular formula is C12H23N5O. The van der Waals surface area contributed by atoms with Gasteiger partial charge in [0.25, 0.3) is 0 Å². The Balaban J connectivity index is 1.89. The standard InChI is InChI=1S/C12H23N5O/c1-3-6-18-8-11-14-12(16-15-11)17-5-4-9(2)10(13)7-17/h9-10H,3-8,13H2,1-2H3,(H,14,15,16). The Morgan fingerprint density at radius 3 is 3.11 bits per heavy atom. The molecule has 0 aromatic carbocycles. The summed E-state index contributed by atoms with van der Waals surface area (Å²) < 4.78 is 5.43. The van der Waals surface area contributed by atoms with Gasteiger partial charge in [0.1, 0.15) is 6.61 Å². The smallest absolute Gasteiger partial charge is 0.244 e. The first kappa shape index (κ1) is 13.3. The average molecular weight is 253 g/mol. The van der Waals surface area contributed by atoms with E-state index in [1.54, 1.807) is 0 Å². The van der Waals surface area contributed by atoms with Crippen molar-refractivity contribution in [3.8, 4) is 0 Å². The Hall–Kier alpha value is -1.14. The maximum absolute atomic E-state index is 6.08. The van der Waals surface area contributed by atoms with Gasteiger partial charge in [-0.15, -0.1) is 5.10 Å². The van der Waals surface area contributed by atoms with Crippen LogP contribution in [-0.2, 0) is 11.3 Å². The lowest BCUT2D eigenvalue weighted by Crippen LogP contribution is -2.48. The number of hydrogen-bond donors (Lipinski definition) is 2. The van der Waals surface area contributed by atoms with Gasteiger partial charge in [-0.1, -0.05) is 13.8 Å². The molecule has 0 bridgehead atoms. The van der Waals surface area contributed by atoms with E-state index in [2.05, 4.69) is 33.9 Å². The largest absolute Gasteiger partial charge is 0.373 e. The predicted molar refractivity (Wildman–Crippen MR) is 70.3 cm³/mol. The Morgan fingerprint density at radius 1 is 1.56 bits per heavy atom. The minimum atomic E-state index is 0.206. The topological polar surface area (TPSA) is 80.1 Å². The minimum absolute atomic E-state index is 0.206. The van der Waals surface area contributed by atoms with Crippen molar-refractivity contribution in [2.75, 3.05) is 24.6 Å². The van der Waals surface area contributed by atoms with Gasteiger partial charge in [0.15, 0.2) is 5.82 Å². The molecule has 102 valence electrons. The van der Waals surface area contributed by atoms with Gasteiger partial charge in [-0.05, 0) is 18.8 Å². The Bertz CT molecular complexity index is 367. The molecule has 0 amide bonds. The van der Waals surface area contributed by atoms with Crippen LogP contribution in [-0.4, -0.2) is 40.9 Å². The third-order valence-corrected chi connectivity index (χ3v) is 3.41. The van der Waals surface area contributed by atoms with Crippen LogP contribution in [0, 0.1) is 5.92 Å². The first-order valence-corrected chi connectivity index (χ1v) is 6.70. The van der Waals surface area contributed by atoms with Crippen molar-refractivity contribution in [2.24, 2.45) is 11.7 Å². The summed E-state index contributed by atoms with van der Waals surface area (Å²) in [5.41, 5.74) is 6.08. The molecule has 6 nitrogen and oxygen atoms in total. The van der Waals surface area contributed by atoms with Crippen LogP contribution in [0.5, 0.6) is 0 Å². The van der Waals surface area contributed by atoms with Crippen LogP contribution < -0.4 is 10.6 Å². The highest BCUT2D eigenvalue weighted by molar-refractivity contribution is 5.30. The Kier molecular flexibility index (Phi) is 4.54. The molecule has 1 aliphatic heterocycles. The SMILES string of the molecule is CCCOCc1nc(N2CCC(C)C(N)C2)n[nH]1. The van der Waals surface area contributed by atoms with Crippen molar-refractivity contribution in [1.29, 1.82) is 0 Å². The highest BCUT2D eigenvalue weighted by Gasteiger charge is 2.25. The summed E-state index contributed by atoms with van der Waals surface area (Å²) in [4.78, 5) is 6.59. The fraction of sp³-hybridized carbons (Fsp3) is 0.833. The second-order valence-corrected chi connectivity index (χ2v) is 5.01. The zero-order valence-corrected chi connectivity index (χ0v) is 11.2. The zero-order valence-electron chi connectivity index (χ0n) is 11.2. The van der Waals surface area contributed by atoms with Crippen LogP contribution in [0.1, 0.15) is 32.5 Å². The molecule has 1 aromatic heterocycles. The maximum atomic E-state index is 6.08. The second-order valence-electron chi connectivity index (χ2n) is 5.01. The van der Waals surface area contributed by atoms with Gasteiger partial charge in [0, 0.05) is 25.7 Å². The molecule has 0 spiro atoms. The summed E-state index contributed by atoms with van der Waals surface area (Å²) in [7, 11) is 0. The summed E-state index contributed by atoms with van der Waals surface area (Å²) in [6.45, 7) is 7.33. The van der Waals surface area contributed by atoms with Crippen LogP contribution >= 0.6 is 0 Å². The van der Waals surface area contributed by atoms with E-state index in [1.165, 1.54) is 0 Å². The van der Waals surface area contributed by atoms with E-state index in [9.17, 15) is 0 Å². The van der Waals surface area contributed by atoms with Crippen molar-refractivity contribution in [3.63, 3.8) is 0 Å².